The zero-order valence-electron chi connectivity index (χ0n) is 11.4. The number of rotatable bonds is 3. The van der Waals surface area contributed by atoms with E-state index < -0.39 is 0 Å². The maximum atomic E-state index is 11.9. The third-order valence-electron chi connectivity index (χ3n) is 2.98. The second-order valence-corrected chi connectivity index (χ2v) is 4.57. The van der Waals surface area contributed by atoms with Gasteiger partial charge in [-0.25, -0.2) is 9.99 Å². The summed E-state index contributed by atoms with van der Waals surface area (Å²) in [6.07, 6.45) is 5.14. The average Bonchev–Trinajstić information content (AvgIpc) is 2.94. The van der Waals surface area contributed by atoms with Crippen molar-refractivity contribution in [2.75, 3.05) is 6.79 Å². The molecule has 0 fully saturated rings. The third-order valence-corrected chi connectivity index (χ3v) is 2.98. The molecule has 21 heavy (non-hydrogen) atoms. The second-order valence-electron chi connectivity index (χ2n) is 4.57. The van der Waals surface area contributed by atoms with Crippen LogP contribution in [-0.2, 0) is 7.05 Å². The molecule has 1 N–H and O–H groups in total. The highest BCUT2D eigenvalue weighted by Crippen LogP contribution is 2.31. The van der Waals surface area contributed by atoms with Crippen LogP contribution >= 0.6 is 0 Å². The first-order chi connectivity index (χ1) is 10.2. The molecule has 6 nitrogen and oxygen atoms in total. The van der Waals surface area contributed by atoms with E-state index in [0.717, 1.165) is 5.56 Å². The Bertz CT molecular complexity index is 713. The van der Waals surface area contributed by atoms with E-state index >= 15 is 0 Å². The maximum absolute atomic E-state index is 11.9. The molecule has 1 aliphatic rings. The van der Waals surface area contributed by atoms with E-state index in [2.05, 4.69) is 10.5 Å². The lowest BCUT2D eigenvalue weighted by Gasteiger charge is -1.99. The Hall–Kier alpha value is -2.89. The van der Waals surface area contributed by atoms with Crippen LogP contribution < -0.4 is 19.5 Å². The molecule has 0 radical (unpaired) electrons. The fourth-order valence-electron chi connectivity index (χ4n) is 1.95. The molecular formula is C15H14N3O3+. The molecule has 3 rings (SSSR count). The van der Waals surface area contributed by atoms with Gasteiger partial charge in [-0.15, -0.1) is 0 Å². The van der Waals surface area contributed by atoms with Gasteiger partial charge in [-0.1, -0.05) is 0 Å². The number of hydrogen-bond acceptors (Lipinski definition) is 4. The minimum absolute atomic E-state index is 0.234. The van der Waals surface area contributed by atoms with Crippen molar-refractivity contribution in [2.45, 2.75) is 0 Å². The van der Waals surface area contributed by atoms with Gasteiger partial charge in [0.2, 0.25) is 6.79 Å². The van der Waals surface area contributed by atoms with Gasteiger partial charge in [0.15, 0.2) is 23.9 Å². The number of benzene rings is 1. The molecule has 0 atom stereocenters. The molecular weight excluding hydrogens is 270 g/mol. The average molecular weight is 284 g/mol. The number of nitrogens with zero attached hydrogens (tertiary/aromatic N) is 2. The van der Waals surface area contributed by atoms with Crippen LogP contribution in [0.2, 0.25) is 0 Å². The van der Waals surface area contributed by atoms with Crippen molar-refractivity contribution in [1.82, 2.24) is 5.43 Å². The summed E-state index contributed by atoms with van der Waals surface area (Å²) in [6, 6.07) is 8.98. The van der Waals surface area contributed by atoms with Crippen molar-refractivity contribution in [1.29, 1.82) is 0 Å². The Kier molecular flexibility index (Phi) is 3.51. The van der Waals surface area contributed by atoms with E-state index in [0.29, 0.717) is 17.1 Å². The number of carbonyl (C=O) groups excluding carboxylic acids is 1. The SMILES string of the molecule is C[n+]1cccc(C(=O)NN=Cc2ccc3c(c2)OCO3)c1. The number of fused-ring (bicyclic) bond motifs is 1. The van der Waals surface area contributed by atoms with Gasteiger partial charge < -0.3 is 9.47 Å². The molecule has 0 unspecified atom stereocenters. The Balaban J connectivity index is 1.65. The van der Waals surface area contributed by atoms with Crippen LogP contribution in [0, 0.1) is 0 Å². The molecule has 0 aliphatic carbocycles. The summed E-state index contributed by atoms with van der Waals surface area (Å²) in [4.78, 5) is 11.9. The minimum Gasteiger partial charge on any atom is -0.454 e. The van der Waals surface area contributed by atoms with Crippen LogP contribution in [0.25, 0.3) is 0 Å². The first-order valence-electron chi connectivity index (χ1n) is 6.41. The van der Waals surface area contributed by atoms with Crippen molar-refractivity contribution in [2.24, 2.45) is 12.1 Å². The number of aryl methyl sites for hydroxylation is 1. The highest BCUT2D eigenvalue weighted by Gasteiger charge is 2.12. The molecule has 0 bridgehead atoms. The number of carbonyl (C=O) groups is 1. The van der Waals surface area contributed by atoms with Gasteiger partial charge in [-0.05, 0) is 29.8 Å². The minimum atomic E-state index is -0.261. The van der Waals surface area contributed by atoms with Gasteiger partial charge >= 0.3 is 0 Å². The summed E-state index contributed by atoms with van der Waals surface area (Å²) in [7, 11) is 1.85. The van der Waals surface area contributed by atoms with Gasteiger partial charge in [-0.3, -0.25) is 4.79 Å². The summed E-state index contributed by atoms with van der Waals surface area (Å²) in [6.45, 7) is 0.234. The predicted molar refractivity (Wildman–Crippen MR) is 75.2 cm³/mol. The number of nitrogens with one attached hydrogen (secondary N) is 1. The standard InChI is InChI=1S/C15H13N3O3/c1-18-6-2-3-12(9-18)15(19)17-16-8-11-4-5-13-14(7-11)21-10-20-13/h2-9H,10H2,1H3/p+1. The van der Waals surface area contributed by atoms with Gasteiger partial charge in [0.05, 0.1) is 6.21 Å². The van der Waals surface area contributed by atoms with E-state index in [1.807, 2.05) is 25.4 Å². The number of aromatic nitrogens is 1. The molecule has 0 saturated heterocycles. The normalized spacial score (nSPS) is 12.6. The zero-order chi connectivity index (χ0) is 14.7. The lowest BCUT2D eigenvalue weighted by atomic mass is 10.2. The molecule has 1 amide bonds. The van der Waals surface area contributed by atoms with Crippen molar-refractivity contribution in [3.8, 4) is 11.5 Å². The molecule has 106 valence electrons. The molecule has 1 aromatic heterocycles. The first kappa shape index (κ1) is 13.1. The summed E-state index contributed by atoms with van der Waals surface area (Å²) in [5.41, 5.74) is 3.85. The lowest BCUT2D eigenvalue weighted by Crippen LogP contribution is -2.29. The molecule has 0 saturated carbocycles. The molecule has 2 heterocycles. The van der Waals surface area contributed by atoms with Gasteiger partial charge in [0.25, 0.3) is 5.91 Å². The summed E-state index contributed by atoms with van der Waals surface area (Å²) in [5.74, 6) is 1.14. The lowest BCUT2D eigenvalue weighted by molar-refractivity contribution is -0.671. The number of amides is 1. The van der Waals surface area contributed by atoms with Gasteiger partial charge in [0.1, 0.15) is 12.6 Å². The van der Waals surface area contributed by atoms with Crippen molar-refractivity contribution in [3.63, 3.8) is 0 Å². The van der Waals surface area contributed by atoms with E-state index in [1.165, 1.54) is 0 Å². The summed E-state index contributed by atoms with van der Waals surface area (Å²) in [5, 5.41) is 3.94. The number of hydrogen-bond donors (Lipinski definition) is 1. The molecule has 0 spiro atoms. The Labute approximate surface area is 121 Å². The number of hydrazone groups is 1. The third kappa shape index (κ3) is 3.00. The van der Waals surface area contributed by atoms with Crippen LogP contribution in [0.1, 0.15) is 15.9 Å². The highest BCUT2D eigenvalue weighted by atomic mass is 16.7. The first-order valence-corrected chi connectivity index (χ1v) is 6.41. The Morgan fingerprint density at radius 3 is 3.05 bits per heavy atom. The van der Waals surface area contributed by atoms with Crippen LogP contribution in [-0.4, -0.2) is 18.9 Å². The molecule has 2 aromatic rings. The van der Waals surface area contributed by atoms with E-state index in [1.54, 1.807) is 35.2 Å². The number of pyridine rings is 1. The van der Waals surface area contributed by atoms with E-state index in [-0.39, 0.29) is 12.7 Å². The van der Waals surface area contributed by atoms with E-state index in [4.69, 9.17) is 9.47 Å². The van der Waals surface area contributed by atoms with E-state index in [9.17, 15) is 4.79 Å². The monoisotopic (exact) mass is 284 g/mol. The number of ether oxygens (including phenoxy) is 2. The maximum Gasteiger partial charge on any atom is 0.277 e. The van der Waals surface area contributed by atoms with Crippen LogP contribution in [0.5, 0.6) is 11.5 Å². The topological polar surface area (TPSA) is 63.8 Å². The second kappa shape index (κ2) is 5.62. The summed E-state index contributed by atoms with van der Waals surface area (Å²) >= 11 is 0. The predicted octanol–water partition coefficient (Wildman–Crippen LogP) is 1.00. The summed E-state index contributed by atoms with van der Waals surface area (Å²) < 4.78 is 12.3. The van der Waals surface area contributed by atoms with Gasteiger partial charge in [0, 0.05) is 6.07 Å². The molecule has 1 aromatic carbocycles. The fraction of sp³-hybridized carbons (Fsp3) is 0.133. The van der Waals surface area contributed by atoms with Crippen molar-refractivity contribution >= 4 is 12.1 Å². The molecule has 1 aliphatic heterocycles. The smallest absolute Gasteiger partial charge is 0.277 e. The fourth-order valence-corrected chi connectivity index (χ4v) is 1.95. The van der Waals surface area contributed by atoms with Crippen LogP contribution in [0.3, 0.4) is 0 Å². The highest BCUT2D eigenvalue weighted by molar-refractivity contribution is 5.94. The van der Waals surface area contributed by atoms with Crippen LogP contribution in [0.15, 0.2) is 47.8 Å². The molecule has 6 heteroatoms. The van der Waals surface area contributed by atoms with Crippen LogP contribution in [0.4, 0.5) is 0 Å². The van der Waals surface area contributed by atoms with Crippen molar-refractivity contribution < 1.29 is 18.8 Å². The Morgan fingerprint density at radius 2 is 2.19 bits per heavy atom. The van der Waals surface area contributed by atoms with Gasteiger partial charge in [-0.2, -0.15) is 5.10 Å². The zero-order valence-corrected chi connectivity index (χ0v) is 11.4. The quantitative estimate of drug-likeness (QED) is 0.519. The largest absolute Gasteiger partial charge is 0.454 e. The van der Waals surface area contributed by atoms with Crippen molar-refractivity contribution in [3.05, 3.63) is 53.9 Å². The Morgan fingerprint density at radius 1 is 1.33 bits per heavy atom.